The summed E-state index contributed by atoms with van der Waals surface area (Å²) in [6.07, 6.45) is 16.3. The van der Waals surface area contributed by atoms with Crippen LogP contribution < -0.4 is 5.32 Å². The van der Waals surface area contributed by atoms with Gasteiger partial charge in [-0.1, -0.05) is 58.8 Å². The predicted molar refractivity (Wildman–Crippen MR) is 86.9 cm³/mol. The van der Waals surface area contributed by atoms with Crippen molar-refractivity contribution in [2.75, 3.05) is 7.05 Å². The first-order valence-electron chi connectivity index (χ1n) is 8.51. The molecule has 0 saturated heterocycles. The van der Waals surface area contributed by atoms with Crippen LogP contribution in [0.2, 0.25) is 0 Å². The molecule has 0 bridgehead atoms. The van der Waals surface area contributed by atoms with Crippen LogP contribution in [0.25, 0.3) is 0 Å². The maximum absolute atomic E-state index is 4.47. The van der Waals surface area contributed by atoms with Crippen molar-refractivity contribution in [1.29, 1.82) is 0 Å². The van der Waals surface area contributed by atoms with E-state index in [1.165, 1.54) is 56.9 Å². The first-order chi connectivity index (χ1) is 9.81. The van der Waals surface area contributed by atoms with E-state index in [-0.39, 0.29) is 0 Å². The zero-order chi connectivity index (χ0) is 14.6. The lowest BCUT2D eigenvalue weighted by atomic mass is 10.1. The number of hydrogen-bond donors (Lipinski definition) is 1. The average molecular weight is 279 g/mol. The van der Waals surface area contributed by atoms with Gasteiger partial charge in [-0.2, -0.15) is 5.10 Å². The van der Waals surface area contributed by atoms with Gasteiger partial charge in [0.05, 0.1) is 6.20 Å². The van der Waals surface area contributed by atoms with E-state index in [2.05, 4.69) is 35.1 Å². The van der Waals surface area contributed by atoms with Crippen molar-refractivity contribution in [2.45, 2.75) is 84.2 Å². The summed E-state index contributed by atoms with van der Waals surface area (Å²) in [5.74, 6) is 0. The van der Waals surface area contributed by atoms with Crippen LogP contribution in [0.1, 0.15) is 83.2 Å². The Kier molecular flexibility index (Phi) is 9.38. The monoisotopic (exact) mass is 279 g/mol. The smallest absolute Gasteiger partial charge is 0.0537 e. The summed E-state index contributed by atoms with van der Waals surface area (Å²) in [5.41, 5.74) is 1.31. The van der Waals surface area contributed by atoms with Crippen LogP contribution in [0.5, 0.6) is 0 Å². The number of nitrogens with zero attached hydrogens (tertiary/aromatic N) is 2. The highest BCUT2D eigenvalue weighted by Gasteiger charge is 2.08. The molecular formula is C17H33N3. The number of rotatable bonds is 12. The van der Waals surface area contributed by atoms with Gasteiger partial charge in [-0.05, 0) is 19.9 Å². The van der Waals surface area contributed by atoms with Crippen molar-refractivity contribution in [1.82, 2.24) is 15.1 Å². The molecule has 0 aliphatic heterocycles. The topological polar surface area (TPSA) is 29.9 Å². The van der Waals surface area contributed by atoms with Gasteiger partial charge in [-0.15, -0.1) is 0 Å². The third-order valence-corrected chi connectivity index (χ3v) is 4.05. The third kappa shape index (κ3) is 6.56. The summed E-state index contributed by atoms with van der Waals surface area (Å²) in [6, 6.07) is 0.447. The molecule has 0 fully saturated rings. The van der Waals surface area contributed by atoms with E-state index in [9.17, 15) is 0 Å². The molecule has 0 radical (unpaired) electrons. The molecule has 3 nitrogen and oxygen atoms in total. The minimum Gasteiger partial charge on any atom is -0.313 e. The van der Waals surface area contributed by atoms with E-state index in [1.54, 1.807) is 0 Å². The third-order valence-electron chi connectivity index (χ3n) is 4.05. The Hall–Kier alpha value is -0.830. The van der Waals surface area contributed by atoms with Crippen LogP contribution in [0.15, 0.2) is 12.4 Å². The van der Waals surface area contributed by atoms with Gasteiger partial charge in [0.25, 0.3) is 0 Å². The lowest BCUT2D eigenvalue weighted by Crippen LogP contribution is -2.14. The Bertz CT molecular complexity index is 329. The Balaban J connectivity index is 2.10. The second-order valence-corrected chi connectivity index (χ2v) is 5.76. The minimum atomic E-state index is 0.447. The van der Waals surface area contributed by atoms with E-state index in [0.717, 1.165) is 13.0 Å². The Morgan fingerprint density at radius 2 is 1.70 bits per heavy atom. The normalized spacial score (nSPS) is 12.8. The van der Waals surface area contributed by atoms with Crippen molar-refractivity contribution in [2.24, 2.45) is 0 Å². The molecule has 0 aromatic carbocycles. The molecule has 1 unspecified atom stereocenters. The van der Waals surface area contributed by atoms with Crippen LogP contribution in [0, 0.1) is 0 Å². The highest BCUT2D eigenvalue weighted by Crippen LogP contribution is 2.15. The van der Waals surface area contributed by atoms with Gasteiger partial charge in [-0.25, -0.2) is 0 Å². The molecular weight excluding hydrogens is 246 g/mol. The molecule has 1 atom stereocenters. The summed E-state index contributed by atoms with van der Waals surface area (Å²) in [6.45, 7) is 5.54. The van der Waals surface area contributed by atoms with Crippen LogP contribution in [0.4, 0.5) is 0 Å². The minimum absolute atomic E-state index is 0.447. The maximum Gasteiger partial charge on any atom is 0.0537 e. The summed E-state index contributed by atoms with van der Waals surface area (Å²) in [5, 5.41) is 7.80. The quantitative estimate of drug-likeness (QED) is 0.562. The van der Waals surface area contributed by atoms with E-state index in [1.807, 2.05) is 13.2 Å². The van der Waals surface area contributed by atoms with Crippen LogP contribution in [0.3, 0.4) is 0 Å². The zero-order valence-electron chi connectivity index (χ0n) is 13.7. The largest absolute Gasteiger partial charge is 0.313 e. The molecule has 0 amide bonds. The Morgan fingerprint density at radius 3 is 2.30 bits per heavy atom. The number of hydrogen-bond acceptors (Lipinski definition) is 2. The predicted octanol–water partition coefficient (Wildman–Crippen LogP) is 4.69. The number of aromatic nitrogens is 2. The van der Waals surface area contributed by atoms with Gasteiger partial charge in [-0.3, -0.25) is 4.68 Å². The van der Waals surface area contributed by atoms with E-state index in [0.29, 0.717) is 6.04 Å². The Labute approximate surface area is 125 Å². The first kappa shape index (κ1) is 17.2. The molecule has 1 aromatic rings. The van der Waals surface area contributed by atoms with Crippen molar-refractivity contribution >= 4 is 0 Å². The summed E-state index contributed by atoms with van der Waals surface area (Å²) >= 11 is 0. The standard InChI is InChI=1S/C17H33N3/c1-4-6-7-8-9-10-11-12-13-20-15-16(14-19-20)17(5-2)18-3/h14-15,17-18H,4-13H2,1-3H3. The van der Waals surface area contributed by atoms with Gasteiger partial charge in [0.15, 0.2) is 0 Å². The molecule has 0 saturated carbocycles. The van der Waals surface area contributed by atoms with Gasteiger partial charge < -0.3 is 5.32 Å². The number of aryl methyl sites for hydroxylation is 1. The lowest BCUT2D eigenvalue weighted by molar-refractivity contribution is 0.518. The van der Waals surface area contributed by atoms with Crippen LogP contribution in [-0.4, -0.2) is 16.8 Å². The number of nitrogens with one attached hydrogen (secondary N) is 1. The molecule has 0 spiro atoms. The fourth-order valence-corrected chi connectivity index (χ4v) is 2.70. The highest BCUT2D eigenvalue weighted by atomic mass is 15.3. The van der Waals surface area contributed by atoms with Gasteiger partial charge in [0.1, 0.15) is 0 Å². The second kappa shape index (κ2) is 10.9. The number of unbranched alkanes of at least 4 members (excludes halogenated alkanes) is 7. The zero-order valence-corrected chi connectivity index (χ0v) is 13.7. The lowest BCUT2D eigenvalue weighted by Gasteiger charge is -2.10. The molecule has 1 aromatic heterocycles. The molecule has 1 N–H and O–H groups in total. The van der Waals surface area contributed by atoms with Crippen molar-refractivity contribution in [3.05, 3.63) is 18.0 Å². The molecule has 1 rings (SSSR count). The molecule has 3 heteroatoms. The van der Waals surface area contributed by atoms with Crippen LogP contribution >= 0.6 is 0 Å². The van der Waals surface area contributed by atoms with E-state index < -0.39 is 0 Å². The van der Waals surface area contributed by atoms with Crippen molar-refractivity contribution in [3.63, 3.8) is 0 Å². The Morgan fingerprint density at radius 1 is 1.05 bits per heavy atom. The van der Waals surface area contributed by atoms with Crippen LogP contribution in [-0.2, 0) is 6.54 Å². The second-order valence-electron chi connectivity index (χ2n) is 5.76. The fraction of sp³-hybridized carbons (Fsp3) is 0.824. The van der Waals surface area contributed by atoms with E-state index >= 15 is 0 Å². The van der Waals surface area contributed by atoms with Gasteiger partial charge in [0.2, 0.25) is 0 Å². The molecule has 1 heterocycles. The maximum atomic E-state index is 4.47. The molecule has 0 aliphatic rings. The average Bonchev–Trinajstić information content (AvgIpc) is 2.92. The van der Waals surface area contributed by atoms with Gasteiger partial charge >= 0.3 is 0 Å². The summed E-state index contributed by atoms with van der Waals surface area (Å²) in [4.78, 5) is 0. The fourth-order valence-electron chi connectivity index (χ4n) is 2.70. The molecule has 20 heavy (non-hydrogen) atoms. The summed E-state index contributed by atoms with van der Waals surface area (Å²) in [7, 11) is 2.02. The van der Waals surface area contributed by atoms with Gasteiger partial charge in [0, 0.05) is 24.3 Å². The summed E-state index contributed by atoms with van der Waals surface area (Å²) < 4.78 is 2.10. The first-order valence-corrected chi connectivity index (χ1v) is 8.51. The molecule has 116 valence electrons. The molecule has 0 aliphatic carbocycles. The highest BCUT2D eigenvalue weighted by molar-refractivity contribution is 5.09. The van der Waals surface area contributed by atoms with Crippen molar-refractivity contribution < 1.29 is 0 Å². The SMILES string of the molecule is CCCCCCCCCCn1cc(C(CC)NC)cn1. The van der Waals surface area contributed by atoms with E-state index in [4.69, 9.17) is 0 Å². The van der Waals surface area contributed by atoms with Crippen molar-refractivity contribution in [3.8, 4) is 0 Å².